The molecule has 1 aromatic heterocycles. The number of esters is 1. The molecule has 0 aliphatic rings. The first kappa shape index (κ1) is 20.3. The number of rotatable bonds is 6. The summed E-state index contributed by atoms with van der Waals surface area (Å²) in [5.41, 5.74) is 0.737. The third-order valence-electron chi connectivity index (χ3n) is 3.81. The number of carbonyl (C=O) groups is 3. The lowest BCUT2D eigenvalue weighted by molar-refractivity contribution is -0.141. The van der Waals surface area contributed by atoms with Crippen LogP contribution in [0.25, 0.3) is 10.9 Å². The zero-order valence-corrected chi connectivity index (χ0v) is 15.8. The van der Waals surface area contributed by atoms with Crippen LogP contribution in [0.4, 0.5) is 4.79 Å². The highest BCUT2D eigenvalue weighted by atomic mass is 16.6. The average Bonchev–Trinajstić information content (AvgIpc) is 2.90. The van der Waals surface area contributed by atoms with E-state index in [1.165, 1.54) is 7.11 Å². The summed E-state index contributed by atoms with van der Waals surface area (Å²) in [4.78, 5) is 35.2. The van der Waals surface area contributed by atoms with E-state index in [0.717, 1.165) is 10.9 Å². The molecule has 27 heavy (non-hydrogen) atoms. The van der Waals surface area contributed by atoms with Gasteiger partial charge in [-0.25, -0.2) is 9.59 Å². The molecular formula is C19H24N2O6. The van der Waals surface area contributed by atoms with E-state index < -0.39 is 29.7 Å². The fourth-order valence-electron chi connectivity index (χ4n) is 2.69. The summed E-state index contributed by atoms with van der Waals surface area (Å²) in [6.45, 7) is 5.10. The second kappa shape index (κ2) is 8.11. The number of carboxylic acid groups (broad SMARTS) is 1. The van der Waals surface area contributed by atoms with E-state index in [1.54, 1.807) is 31.5 Å². The lowest BCUT2D eigenvalue weighted by atomic mass is 10.1. The molecule has 1 atom stereocenters. The van der Waals surface area contributed by atoms with E-state index >= 15 is 0 Å². The van der Waals surface area contributed by atoms with Gasteiger partial charge in [0, 0.05) is 23.5 Å². The van der Waals surface area contributed by atoms with Gasteiger partial charge in [0.2, 0.25) is 0 Å². The highest BCUT2D eigenvalue weighted by Crippen LogP contribution is 2.23. The van der Waals surface area contributed by atoms with Crippen LogP contribution in [0.1, 0.15) is 26.3 Å². The Hall–Kier alpha value is -3.03. The first-order valence-corrected chi connectivity index (χ1v) is 8.46. The van der Waals surface area contributed by atoms with Crippen LogP contribution >= 0.6 is 0 Å². The second-order valence-electron chi connectivity index (χ2n) is 7.12. The molecule has 2 N–H and O–H groups in total. The Balaban J connectivity index is 2.27. The number of aliphatic carboxylic acids is 1. The Labute approximate surface area is 157 Å². The lowest BCUT2D eigenvalue weighted by Gasteiger charge is -2.22. The van der Waals surface area contributed by atoms with Crippen LogP contribution in [0, 0.1) is 0 Å². The summed E-state index contributed by atoms with van der Waals surface area (Å²) < 4.78 is 11.5. The number of alkyl carbamates (subject to hydrolysis) is 1. The van der Waals surface area contributed by atoms with Crippen LogP contribution < -0.4 is 5.32 Å². The molecule has 8 nitrogen and oxygen atoms in total. The van der Waals surface area contributed by atoms with Crippen LogP contribution in [0.3, 0.4) is 0 Å². The summed E-state index contributed by atoms with van der Waals surface area (Å²) in [5.74, 6) is -1.59. The monoisotopic (exact) mass is 376 g/mol. The number of nitrogens with zero attached hydrogens (tertiary/aromatic N) is 1. The molecule has 2 aromatic rings. The average molecular weight is 376 g/mol. The molecule has 0 aliphatic heterocycles. The van der Waals surface area contributed by atoms with E-state index in [1.807, 2.05) is 24.3 Å². The Morgan fingerprint density at radius 1 is 1.22 bits per heavy atom. The number of nitrogens with one attached hydrogen (secondary N) is 1. The normalized spacial score (nSPS) is 12.4. The minimum Gasteiger partial charge on any atom is -0.480 e. The summed E-state index contributed by atoms with van der Waals surface area (Å²) in [7, 11) is 1.31. The third-order valence-corrected chi connectivity index (χ3v) is 3.81. The van der Waals surface area contributed by atoms with Gasteiger partial charge in [-0.1, -0.05) is 18.2 Å². The van der Waals surface area contributed by atoms with E-state index in [2.05, 4.69) is 5.32 Å². The van der Waals surface area contributed by atoms with Crippen LogP contribution in [-0.2, 0) is 32.0 Å². The van der Waals surface area contributed by atoms with Gasteiger partial charge in [-0.15, -0.1) is 0 Å². The minimum atomic E-state index is -1.18. The van der Waals surface area contributed by atoms with E-state index in [0.29, 0.717) is 5.56 Å². The van der Waals surface area contributed by atoms with Gasteiger partial charge in [-0.2, -0.15) is 0 Å². The Bertz CT molecular complexity index is 849. The summed E-state index contributed by atoms with van der Waals surface area (Å²) in [5, 5.41) is 12.7. The van der Waals surface area contributed by atoms with Crippen LogP contribution in [0.5, 0.6) is 0 Å². The topological polar surface area (TPSA) is 107 Å². The predicted molar refractivity (Wildman–Crippen MR) is 98.5 cm³/mol. The van der Waals surface area contributed by atoms with Crippen LogP contribution in [0.2, 0.25) is 0 Å². The second-order valence-corrected chi connectivity index (χ2v) is 7.12. The Morgan fingerprint density at radius 3 is 2.48 bits per heavy atom. The number of fused-ring (bicyclic) bond motifs is 1. The van der Waals surface area contributed by atoms with Crippen molar-refractivity contribution in [2.75, 3.05) is 7.11 Å². The fraction of sp³-hybridized carbons (Fsp3) is 0.421. The van der Waals surface area contributed by atoms with Crippen molar-refractivity contribution >= 4 is 28.9 Å². The van der Waals surface area contributed by atoms with Crippen molar-refractivity contribution in [1.29, 1.82) is 0 Å². The van der Waals surface area contributed by atoms with Crippen molar-refractivity contribution in [1.82, 2.24) is 9.88 Å². The van der Waals surface area contributed by atoms with Crippen molar-refractivity contribution in [2.24, 2.45) is 0 Å². The summed E-state index contributed by atoms with van der Waals surface area (Å²) >= 11 is 0. The van der Waals surface area contributed by atoms with Crippen molar-refractivity contribution in [3.8, 4) is 0 Å². The zero-order chi connectivity index (χ0) is 20.2. The molecule has 0 saturated heterocycles. The van der Waals surface area contributed by atoms with Crippen LogP contribution in [-0.4, -0.2) is 46.5 Å². The molecule has 0 bridgehead atoms. The van der Waals surface area contributed by atoms with E-state index in [-0.39, 0.29) is 13.0 Å². The van der Waals surface area contributed by atoms with Gasteiger partial charge in [0.1, 0.15) is 18.2 Å². The smallest absolute Gasteiger partial charge is 0.408 e. The SMILES string of the molecule is COC(=O)Cn1cc(CC(NC(=O)OC(C)(C)C)C(=O)O)c2ccccc21. The van der Waals surface area contributed by atoms with Crippen molar-refractivity contribution in [2.45, 2.75) is 45.4 Å². The first-order chi connectivity index (χ1) is 12.6. The molecule has 1 amide bonds. The Kier molecular flexibility index (Phi) is 6.09. The molecule has 1 heterocycles. The summed E-state index contributed by atoms with van der Waals surface area (Å²) in [6.07, 6.45) is 0.950. The standard InChI is InChI=1S/C19H24N2O6/c1-19(2,3)27-18(25)20-14(17(23)24)9-12-10-21(11-16(22)26-4)15-8-6-5-7-13(12)15/h5-8,10,14H,9,11H2,1-4H3,(H,20,25)(H,23,24). The molecular weight excluding hydrogens is 352 g/mol. The van der Waals surface area contributed by atoms with Gasteiger partial charge in [0.15, 0.2) is 0 Å². The molecule has 0 radical (unpaired) electrons. The number of benzene rings is 1. The molecule has 146 valence electrons. The number of carbonyl (C=O) groups excluding carboxylic acids is 2. The zero-order valence-electron chi connectivity index (χ0n) is 15.8. The summed E-state index contributed by atoms with van der Waals surface area (Å²) in [6, 6.07) is 6.15. The number of hydrogen-bond acceptors (Lipinski definition) is 5. The minimum absolute atomic E-state index is 0.00818. The first-order valence-electron chi connectivity index (χ1n) is 8.46. The molecule has 0 saturated carbocycles. The third kappa shape index (κ3) is 5.47. The van der Waals surface area contributed by atoms with Crippen molar-refractivity contribution in [3.05, 3.63) is 36.0 Å². The molecule has 2 rings (SSSR count). The molecule has 0 spiro atoms. The van der Waals surface area contributed by atoms with Gasteiger partial charge < -0.3 is 24.5 Å². The number of aromatic nitrogens is 1. The fourth-order valence-corrected chi connectivity index (χ4v) is 2.69. The highest BCUT2D eigenvalue weighted by molar-refractivity contribution is 5.87. The number of methoxy groups -OCH3 is 1. The number of carboxylic acids is 1. The molecule has 1 aromatic carbocycles. The van der Waals surface area contributed by atoms with Gasteiger partial charge in [-0.3, -0.25) is 4.79 Å². The largest absolute Gasteiger partial charge is 0.480 e. The maximum absolute atomic E-state index is 12.0. The van der Waals surface area contributed by atoms with E-state index in [4.69, 9.17) is 9.47 Å². The van der Waals surface area contributed by atoms with Gasteiger partial charge in [-0.05, 0) is 32.4 Å². The maximum Gasteiger partial charge on any atom is 0.408 e. The van der Waals surface area contributed by atoms with Crippen molar-refractivity contribution < 1.29 is 29.0 Å². The Morgan fingerprint density at radius 2 is 1.89 bits per heavy atom. The molecule has 8 heteroatoms. The molecule has 1 unspecified atom stereocenters. The number of hydrogen-bond donors (Lipinski definition) is 2. The van der Waals surface area contributed by atoms with Gasteiger partial charge >= 0.3 is 18.0 Å². The number of ether oxygens (including phenoxy) is 2. The van der Waals surface area contributed by atoms with E-state index in [9.17, 15) is 19.5 Å². The van der Waals surface area contributed by atoms with Crippen molar-refractivity contribution in [3.63, 3.8) is 0 Å². The highest BCUT2D eigenvalue weighted by Gasteiger charge is 2.25. The van der Waals surface area contributed by atoms with Crippen LogP contribution in [0.15, 0.2) is 30.5 Å². The number of amides is 1. The molecule has 0 aliphatic carbocycles. The predicted octanol–water partition coefficient (Wildman–Crippen LogP) is 2.33. The van der Waals surface area contributed by atoms with Gasteiger partial charge in [0.25, 0.3) is 0 Å². The quantitative estimate of drug-likeness (QED) is 0.750. The van der Waals surface area contributed by atoms with Gasteiger partial charge in [0.05, 0.1) is 7.11 Å². The molecule has 0 fully saturated rings. The maximum atomic E-state index is 12.0. The lowest BCUT2D eigenvalue weighted by Crippen LogP contribution is -2.44. The number of para-hydroxylation sites is 1.